The molecule has 0 radical (unpaired) electrons. The molecule has 2 atom stereocenters. The van der Waals surface area contributed by atoms with Crippen molar-refractivity contribution < 1.29 is 0 Å². The van der Waals surface area contributed by atoms with Crippen LogP contribution in [0.3, 0.4) is 0 Å². The van der Waals surface area contributed by atoms with Crippen LogP contribution in [0.15, 0.2) is 42.5 Å². The van der Waals surface area contributed by atoms with Gasteiger partial charge in [-0.25, -0.2) is 0 Å². The second-order valence-corrected chi connectivity index (χ2v) is 6.30. The zero-order valence-corrected chi connectivity index (χ0v) is 14.2. The summed E-state index contributed by atoms with van der Waals surface area (Å²) < 4.78 is 0. The quantitative estimate of drug-likeness (QED) is 0.892. The van der Waals surface area contributed by atoms with Crippen molar-refractivity contribution in [3.8, 4) is 0 Å². The molecule has 0 bridgehead atoms. The fraction of sp³-hybridized carbons (Fsp3) is 0.474. The van der Waals surface area contributed by atoms with E-state index in [0.29, 0.717) is 12.0 Å². The van der Waals surface area contributed by atoms with Crippen LogP contribution in [0.2, 0.25) is 0 Å². The van der Waals surface area contributed by atoms with E-state index in [1.165, 1.54) is 35.7 Å². The van der Waals surface area contributed by atoms with Crippen LogP contribution in [0.25, 0.3) is 10.8 Å². The number of hydrogen-bond donors (Lipinski definition) is 1. The van der Waals surface area contributed by atoms with Crippen LogP contribution in [0.5, 0.6) is 0 Å². The zero-order valence-electron chi connectivity index (χ0n) is 13.4. The Morgan fingerprint density at radius 3 is 2.73 bits per heavy atom. The number of unbranched alkanes of at least 4 members (excludes halogenated alkanes) is 1. The smallest absolute Gasteiger partial charge is 0.0446 e. The maximum Gasteiger partial charge on any atom is 0.0446 e. The van der Waals surface area contributed by atoms with Crippen molar-refractivity contribution in [1.29, 1.82) is 0 Å². The van der Waals surface area contributed by atoms with Gasteiger partial charge in [0.1, 0.15) is 0 Å². The summed E-state index contributed by atoms with van der Waals surface area (Å²) in [6.07, 6.45) is 4.93. The highest BCUT2D eigenvalue weighted by Crippen LogP contribution is 2.31. The maximum atomic E-state index is 6.35. The second kappa shape index (κ2) is 7.85. The largest absolute Gasteiger partial charge is 0.371 e. The van der Waals surface area contributed by atoms with Crippen molar-refractivity contribution in [1.82, 2.24) is 0 Å². The fourth-order valence-corrected chi connectivity index (χ4v) is 3.52. The van der Waals surface area contributed by atoms with Crippen molar-refractivity contribution in [2.75, 3.05) is 18.0 Å². The van der Waals surface area contributed by atoms with E-state index in [2.05, 4.69) is 54.3 Å². The molecule has 2 nitrogen and oxygen atoms in total. The van der Waals surface area contributed by atoms with E-state index in [1.807, 2.05) is 0 Å². The summed E-state index contributed by atoms with van der Waals surface area (Å²) in [5.41, 5.74) is 7.72. The molecular formula is C19H27ClN2. The first-order valence-corrected chi connectivity index (χ1v) is 8.28. The van der Waals surface area contributed by atoms with E-state index in [0.717, 1.165) is 19.5 Å². The number of nitrogens with zero attached hydrogens (tertiary/aromatic N) is 1. The Morgan fingerprint density at radius 1 is 1.14 bits per heavy atom. The standard InChI is InChI=1S/C19H26N2.ClH/c1-2-3-7-16-14-21(13-12-18(16)20)19-11-6-9-15-8-4-5-10-17(15)19;/h4-6,8-11,16,18H,2-3,7,12-14,20H2,1H3;1H. The summed E-state index contributed by atoms with van der Waals surface area (Å²) in [5, 5.41) is 2.69. The van der Waals surface area contributed by atoms with Gasteiger partial charge in [-0.05, 0) is 30.2 Å². The lowest BCUT2D eigenvalue weighted by Crippen LogP contribution is -2.47. The molecule has 0 aliphatic carbocycles. The van der Waals surface area contributed by atoms with Crippen LogP contribution in [-0.2, 0) is 0 Å². The van der Waals surface area contributed by atoms with Gasteiger partial charge in [-0.2, -0.15) is 0 Å². The predicted octanol–water partition coefficient (Wildman–Crippen LogP) is 4.61. The monoisotopic (exact) mass is 318 g/mol. The fourth-order valence-electron chi connectivity index (χ4n) is 3.52. The Balaban J connectivity index is 0.00000176. The summed E-state index contributed by atoms with van der Waals surface area (Å²) in [7, 11) is 0. The van der Waals surface area contributed by atoms with Crippen LogP contribution in [0.1, 0.15) is 32.6 Å². The Labute approximate surface area is 140 Å². The van der Waals surface area contributed by atoms with Crippen molar-refractivity contribution >= 4 is 28.9 Å². The van der Waals surface area contributed by atoms with Gasteiger partial charge in [0.15, 0.2) is 0 Å². The van der Waals surface area contributed by atoms with Gasteiger partial charge in [0.05, 0.1) is 0 Å². The molecule has 1 aliphatic heterocycles. The SMILES string of the molecule is CCCCC1CN(c2cccc3ccccc23)CCC1N.Cl. The zero-order chi connectivity index (χ0) is 14.7. The lowest BCUT2D eigenvalue weighted by atomic mass is 9.88. The third kappa shape index (κ3) is 3.56. The molecule has 0 spiro atoms. The first-order chi connectivity index (χ1) is 10.3. The molecular weight excluding hydrogens is 292 g/mol. The Morgan fingerprint density at radius 2 is 1.91 bits per heavy atom. The number of piperidine rings is 1. The molecule has 1 saturated heterocycles. The predicted molar refractivity (Wildman–Crippen MR) is 99.0 cm³/mol. The van der Waals surface area contributed by atoms with Gasteiger partial charge >= 0.3 is 0 Å². The number of rotatable bonds is 4. The number of halogens is 1. The van der Waals surface area contributed by atoms with Crippen LogP contribution in [-0.4, -0.2) is 19.1 Å². The van der Waals surface area contributed by atoms with Crippen molar-refractivity contribution in [2.24, 2.45) is 11.7 Å². The van der Waals surface area contributed by atoms with Gasteiger partial charge in [0.25, 0.3) is 0 Å². The topological polar surface area (TPSA) is 29.3 Å². The first kappa shape index (κ1) is 17.1. The van der Waals surface area contributed by atoms with E-state index in [9.17, 15) is 0 Å². The average Bonchev–Trinajstić information content (AvgIpc) is 2.54. The molecule has 2 aromatic carbocycles. The van der Waals surface area contributed by atoms with Gasteiger partial charge in [0, 0.05) is 30.2 Å². The molecule has 2 unspecified atom stereocenters. The molecule has 1 aliphatic rings. The van der Waals surface area contributed by atoms with Crippen LogP contribution in [0.4, 0.5) is 5.69 Å². The third-order valence-corrected chi connectivity index (χ3v) is 4.83. The second-order valence-electron chi connectivity index (χ2n) is 6.30. The summed E-state index contributed by atoms with van der Waals surface area (Å²) in [4.78, 5) is 2.55. The molecule has 2 N–H and O–H groups in total. The number of benzene rings is 2. The average molecular weight is 319 g/mol. The highest BCUT2D eigenvalue weighted by Gasteiger charge is 2.26. The lowest BCUT2D eigenvalue weighted by Gasteiger charge is -2.39. The Hall–Kier alpha value is -1.25. The first-order valence-electron chi connectivity index (χ1n) is 8.28. The minimum absolute atomic E-state index is 0. The highest BCUT2D eigenvalue weighted by atomic mass is 35.5. The van der Waals surface area contributed by atoms with E-state index >= 15 is 0 Å². The van der Waals surface area contributed by atoms with Gasteiger partial charge < -0.3 is 10.6 Å². The number of nitrogens with two attached hydrogens (primary N) is 1. The molecule has 0 aromatic heterocycles. The third-order valence-electron chi connectivity index (χ3n) is 4.83. The van der Waals surface area contributed by atoms with Crippen LogP contribution in [0, 0.1) is 5.92 Å². The molecule has 0 saturated carbocycles. The van der Waals surface area contributed by atoms with E-state index in [4.69, 9.17) is 5.73 Å². The molecule has 1 heterocycles. The van der Waals surface area contributed by atoms with Crippen molar-refractivity contribution in [3.63, 3.8) is 0 Å². The summed E-state index contributed by atoms with van der Waals surface area (Å²) in [5.74, 6) is 0.637. The molecule has 22 heavy (non-hydrogen) atoms. The summed E-state index contributed by atoms with van der Waals surface area (Å²) >= 11 is 0. The van der Waals surface area contributed by atoms with Gasteiger partial charge in [0.2, 0.25) is 0 Å². The normalized spacial score (nSPS) is 21.6. The Kier molecular flexibility index (Phi) is 6.10. The molecule has 1 fully saturated rings. The molecule has 0 amide bonds. The maximum absolute atomic E-state index is 6.35. The van der Waals surface area contributed by atoms with Crippen molar-refractivity contribution in [3.05, 3.63) is 42.5 Å². The lowest BCUT2D eigenvalue weighted by molar-refractivity contribution is 0.330. The molecule has 120 valence electrons. The van der Waals surface area contributed by atoms with E-state index < -0.39 is 0 Å². The van der Waals surface area contributed by atoms with Crippen LogP contribution < -0.4 is 10.6 Å². The van der Waals surface area contributed by atoms with Gasteiger partial charge in [-0.3, -0.25) is 0 Å². The number of anilines is 1. The Bertz CT molecular complexity index is 594. The van der Waals surface area contributed by atoms with Crippen molar-refractivity contribution in [2.45, 2.75) is 38.6 Å². The summed E-state index contributed by atoms with van der Waals surface area (Å²) in [6.45, 7) is 4.45. The number of fused-ring (bicyclic) bond motifs is 1. The molecule has 3 rings (SSSR count). The van der Waals surface area contributed by atoms with E-state index in [1.54, 1.807) is 0 Å². The van der Waals surface area contributed by atoms with Gasteiger partial charge in [-0.1, -0.05) is 56.2 Å². The van der Waals surface area contributed by atoms with E-state index in [-0.39, 0.29) is 12.4 Å². The van der Waals surface area contributed by atoms with Gasteiger partial charge in [-0.15, -0.1) is 12.4 Å². The minimum Gasteiger partial charge on any atom is -0.371 e. The highest BCUT2D eigenvalue weighted by molar-refractivity contribution is 5.94. The number of hydrogen-bond acceptors (Lipinski definition) is 2. The molecule has 2 aromatic rings. The summed E-state index contributed by atoms with van der Waals surface area (Å²) in [6, 6.07) is 15.7. The minimum atomic E-state index is 0. The van der Waals surface area contributed by atoms with Crippen LogP contribution >= 0.6 is 12.4 Å². The molecule has 3 heteroatoms.